The number of methoxy groups -OCH3 is 1. The number of aromatic nitrogens is 3. The van der Waals surface area contributed by atoms with Crippen LogP contribution in [0.3, 0.4) is 0 Å². The standard InChI is InChI=1S/C19H18N4O2/c1-23-11-10-20-18(23)17(13-6-5-7-14(12-13)24-2)22-19-21-15-8-3-4-9-16(15)25-19/h3-12,17H,1-2H3,(H,21,22)/t17-/m0/s1. The molecule has 6 heteroatoms. The highest BCUT2D eigenvalue weighted by Crippen LogP contribution is 2.29. The van der Waals surface area contributed by atoms with Gasteiger partial charge in [0.25, 0.3) is 6.01 Å². The van der Waals surface area contributed by atoms with Crippen LogP contribution in [0.1, 0.15) is 17.4 Å². The smallest absolute Gasteiger partial charge is 0.296 e. The number of aryl methyl sites for hydroxylation is 1. The lowest BCUT2D eigenvalue weighted by Gasteiger charge is -2.18. The summed E-state index contributed by atoms with van der Waals surface area (Å²) in [5, 5.41) is 3.36. The van der Waals surface area contributed by atoms with Gasteiger partial charge in [0.1, 0.15) is 23.1 Å². The van der Waals surface area contributed by atoms with E-state index in [1.165, 1.54) is 0 Å². The molecule has 0 radical (unpaired) electrons. The maximum atomic E-state index is 5.82. The molecule has 0 aliphatic carbocycles. The molecule has 25 heavy (non-hydrogen) atoms. The topological polar surface area (TPSA) is 65.1 Å². The summed E-state index contributed by atoms with van der Waals surface area (Å²) in [7, 11) is 3.62. The van der Waals surface area contributed by atoms with Crippen molar-refractivity contribution in [2.24, 2.45) is 7.05 Å². The first-order chi connectivity index (χ1) is 12.2. The largest absolute Gasteiger partial charge is 0.497 e. The molecule has 4 aromatic rings. The third kappa shape index (κ3) is 2.94. The molecule has 1 N–H and O–H groups in total. The normalized spacial score (nSPS) is 12.2. The summed E-state index contributed by atoms with van der Waals surface area (Å²) in [6, 6.07) is 15.8. The Hall–Kier alpha value is -3.28. The van der Waals surface area contributed by atoms with E-state index in [1.807, 2.05) is 66.3 Å². The second-order valence-corrected chi connectivity index (χ2v) is 5.74. The van der Waals surface area contributed by atoms with Crippen LogP contribution in [-0.2, 0) is 7.05 Å². The number of nitrogens with zero attached hydrogens (tertiary/aromatic N) is 3. The van der Waals surface area contributed by atoms with Gasteiger partial charge in [-0.1, -0.05) is 24.3 Å². The lowest BCUT2D eigenvalue weighted by atomic mass is 10.1. The summed E-state index contributed by atoms with van der Waals surface area (Å²) in [5.74, 6) is 1.64. The van der Waals surface area contributed by atoms with Crippen molar-refractivity contribution in [2.45, 2.75) is 6.04 Å². The van der Waals surface area contributed by atoms with Crippen LogP contribution >= 0.6 is 0 Å². The zero-order valence-corrected chi connectivity index (χ0v) is 14.0. The van der Waals surface area contributed by atoms with E-state index in [2.05, 4.69) is 15.3 Å². The van der Waals surface area contributed by atoms with Crippen molar-refractivity contribution in [3.8, 4) is 5.75 Å². The lowest BCUT2D eigenvalue weighted by molar-refractivity contribution is 0.414. The zero-order valence-electron chi connectivity index (χ0n) is 14.0. The molecule has 2 heterocycles. The average molecular weight is 334 g/mol. The first-order valence-corrected chi connectivity index (χ1v) is 7.98. The predicted molar refractivity (Wildman–Crippen MR) is 95.7 cm³/mol. The Morgan fingerprint density at radius 3 is 2.80 bits per heavy atom. The number of hydrogen-bond donors (Lipinski definition) is 1. The maximum absolute atomic E-state index is 5.82. The third-order valence-corrected chi connectivity index (χ3v) is 4.11. The van der Waals surface area contributed by atoms with Gasteiger partial charge in [0.05, 0.1) is 7.11 Å². The Morgan fingerprint density at radius 1 is 1.16 bits per heavy atom. The summed E-state index contributed by atoms with van der Waals surface area (Å²) in [6.07, 6.45) is 3.69. The SMILES string of the molecule is COc1cccc([C@H](Nc2nc3ccccc3o2)c2nccn2C)c1. The van der Waals surface area contributed by atoms with Crippen molar-refractivity contribution >= 4 is 17.1 Å². The highest BCUT2D eigenvalue weighted by atomic mass is 16.5. The zero-order chi connectivity index (χ0) is 17.2. The van der Waals surface area contributed by atoms with E-state index in [0.29, 0.717) is 6.01 Å². The minimum Gasteiger partial charge on any atom is -0.497 e. The second-order valence-electron chi connectivity index (χ2n) is 5.74. The number of oxazole rings is 1. The third-order valence-electron chi connectivity index (χ3n) is 4.11. The molecular weight excluding hydrogens is 316 g/mol. The van der Waals surface area contributed by atoms with Crippen molar-refractivity contribution in [3.63, 3.8) is 0 Å². The predicted octanol–water partition coefficient (Wildman–Crippen LogP) is 3.77. The maximum Gasteiger partial charge on any atom is 0.296 e. The average Bonchev–Trinajstić information content (AvgIpc) is 3.25. The van der Waals surface area contributed by atoms with Crippen molar-refractivity contribution in [3.05, 3.63) is 72.3 Å². The number of fused-ring (bicyclic) bond motifs is 1. The van der Waals surface area contributed by atoms with E-state index in [4.69, 9.17) is 9.15 Å². The monoisotopic (exact) mass is 334 g/mol. The molecule has 0 aliphatic rings. The second kappa shape index (κ2) is 6.32. The Balaban J connectivity index is 1.76. The first-order valence-electron chi connectivity index (χ1n) is 7.98. The number of nitrogens with one attached hydrogen (secondary N) is 1. The highest BCUT2D eigenvalue weighted by Gasteiger charge is 2.21. The number of imidazole rings is 1. The molecule has 0 spiro atoms. The molecule has 1 atom stereocenters. The molecule has 4 rings (SSSR count). The number of para-hydroxylation sites is 2. The molecule has 0 aliphatic heterocycles. The molecule has 2 aromatic heterocycles. The van der Waals surface area contributed by atoms with Crippen LogP contribution < -0.4 is 10.1 Å². The lowest BCUT2D eigenvalue weighted by Crippen LogP contribution is -2.17. The fourth-order valence-electron chi connectivity index (χ4n) is 2.83. The van der Waals surface area contributed by atoms with Gasteiger partial charge in [-0.3, -0.25) is 0 Å². The molecule has 0 bridgehead atoms. The van der Waals surface area contributed by atoms with Crippen LogP contribution in [0.2, 0.25) is 0 Å². The minimum atomic E-state index is -0.219. The molecule has 2 aromatic carbocycles. The van der Waals surface area contributed by atoms with E-state index in [1.54, 1.807) is 13.3 Å². The van der Waals surface area contributed by atoms with Gasteiger partial charge in [-0.15, -0.1) is 0 Å². The quantitative estimate of drug-likeness (QED) is 0.602. The summed E-state index contributed by atoms with van der Waals surface area (Å²) in [5.41, 5.74) is 2.57. The molecular formula is C19H18N4O2. The van der Waals surface area contributed by atoms with Crippen LogP contribution in [0.4, 0.5) is 6.01 Å². The van der Waals surface area contributed by atoms with Crippen LogP contribution in [0.25, 0.3) is 11.1 Å². The molecule has 0 amide bonds. The van der Waals surface area contributed by atoms with Crippen molar-refractivity contribution in [1.29, 1.82) is 0 Å². The number of anilines is 1. The van der Waals surface area contributed by atoms with Gasteiger partial charge in [0.15, 0.2) is 5.58 Å². The van der Waals surface area contributed by atoms with Crippen LogP contribution in [0, 0.1) is 0 Å². The van der Waals surface area contributed by atoms with Crippen molar-refractivity contribution in [2.75, 3.05) is 12.4 Å². The van der Waals surface area contributed by atoms with Gasteiger partial charge < -0.3 is 19.0 Å². The van der Waals surface area contributed by atoms with Gasteiger partial charge in [-0.05, 0) is 29.8 Å². The summed E-state index contributed by atoms with van der Waals surface area (Å²) >= 11 is 0. The van der Waals surface area contributed by atoms with Crippen molar-refractivity contribution in [1.82, 2.24) is 14.5 Å². The fourth-order valence-corrected chi connectivity index (χ4v) is 2.83. The summed E-state index contributed by atoms with van der Waals surface area (Å²) in [6.45, 7) is 0. The van der Waals surface area contributed by atoms with Crippen LogP contribution in [-0.4, -0.2) is 21.6 Å². The number of hydrogen-bond acceptors (Lipinski definition) is 5. The number of ether oxygens (including phenoxy) is 1. The van der Waals surface area contributed by atoms with Gasteiger partial charge in [0.2, 0.25) is 0 Å². The summed E-state index contributed by atoms with van der Waals surface area (Å²) < 4.78 is 13.2. The van der Waals surface area contributed by atoms with Gasteiger partial charge in [-0.2, -0.15) is 4.98 Å². The van der Waals surface area contributed by atoms with Gasteiger partial charge in [-0.25, -0.2) is 4.98 Å². The van der Waals surface area contributed by atoms with E-state index >= 15 is 0 Å². The molecule has 0 saturated heterocycles. The molecule has 0 fully saturated rings. The van der Waals surface area contributed by atoms with E-state index in [9.17, 15) is 0 Å². The van der Waals surface area contributed by atoms with E-state index in [-0.39, 0.29) is 6.04 Å². The van der Waals surface area contributed by atoms with E-state index < -0.39 is 0 Å². The fraction of sp³-hybridized carbons (Fsp3) is 0.158. The van der Waals surface area contributed by atoms with Crippen LogP contribution in [0.15, 0.2) is 65.3 Å². The minimum absolute atomic E-state index is 0.219. The molecule has 6 nitrogen and oxygen atoms in total. The first kappa shape index (κ1) is 15.3. The Labute approximate surface area is 145 Å². The Bertz CT molecular complexity index is 972. The van der Waals surface area contributed by atoms with Crippen molar-refractivity contribution < 1.29 is 9.15 Å². The van der Waals surface area contributed by atoms with Gasteiger partial charge in [0, 0.05) is 19.4 Å². The Kier molecular flexibility index (Phi) is 3.85. The van der Waals surface area contributed by atoms with Crippen LogP contribution in [0.5, 0.6) is 5.75 Å². The molecule has 126 valence electrons. The van der Waals surface area contributed by atoms with Gasteiger partial charge >= 0.3 is 0 Å². The number of rotatable bonds is 5. The molecule has 0 saturated carbocycles. The highest BCUT2D eigenvalue weighted by molar-refractivity contribution is 5.74. The van der Waals surface area contributed by atoms with E-state index in [0.717, 1.165) is 28.2 Å². The number of benzene rings is 2. The molecule has 0 unspecified atom stereocenters. The summed E-state index contributed by atoms with van der Waals surface area (Å²) in [4.78, 5) is 9.00. The Morgan fingerprint density at radius 2 is 2.04 bits per heavy atom.